The molecule has 0 spiro atoms. The van der Waals surface area contributed by atoms with Crippen LogP contribution in [0.4, 0.5) is 0 Å². The van der Waals surface area contributed by atoms with Gasteiger partial charge in [0.2, 0.25) is 6.29 Å². The van der Waals surface area contributed by atoms with Crippen LogP contribution in [0.2, 0.25) is 0 Å². The molecule has 1 heterocycles. The summed E-state index contributed by atoms with van der Waals surface area (Å²) in [5.41, 5.74) is 2.62. The van der Waals surface area contributed by atoms with Gasteiger partial charge in [-0.25, -0.2) is 9.78 Å². The molecule has 0 atom stereocenters. The zero-order chi connectivity index (χ0) is 18.7. The topological polar surface area (TPSA) is 55.4 Å². The van der Waals surface area contributed by atoms with Gasteiger partial charge in [0, 0.05) is 23.8 Å². The summed E-state index contributed by atoms with van der Waals surface area (Å²) in [7, 11) is 1.61. The smallest absolute Gasteiger partial charge is 0.249 e. The van der Waals surface area contributed by atoms with E-state index in [4.69, 9.17) is 29.0 Å². The highest BCUT2D eigenvalue weighted by Crippen LogP contribution is 2.42. The predicted octanol–water partition coefficient (Wildman–Crippen LogP) is 4.17. The molecule has 1 saturated heterocycles. The van der Waals surface area contributed by atoms with Crippen molar-refractivity contribution in [1.29, 1.82) is 0 Å². The quantitative estimate of drug-likeness (QED) is 0.597. The van der Waals surface area contributed by atoms with Gasteiger partial charge < -0.3 is 9.47 Å². The lowest BCUT2D eigenvalue weighted by Crippen LogP contribution is -2.22. The average Bonchev–Trinajstić information content (AvgIpc) is 2.79. The highest BCUT2D eigenvalue weighted by atomic mass is 17.3. The molecular weight excluding hydrogens is 324 g/mol. The van der Waals surface area contributed by atoms with Gasteiger partial charge in [-0.2, -0.15) is 9.78 Å². The van der Waals surface area contributed by atoms with E-state index in [1.807, 2.05) is 12.1 Å². The minimum absolute atomic E-state index is 0.147. The zero-order valence-electron chi connectivity index (χ0n) is 16.3. The summed E-state index contributed by atoms with van der Waals surface area (Å²) in [6.07, 6.45) is -0.749. The maximum absolute atomic E-state index is 5.97. The van der Waals surface area contributed by atoms with Crippen LogP contribution in [0.5, 0.6) is 5.75 Å². The molecule has 25 heavy (non-hydrogen) atoms. The van der Waals surface area contributed by atoms with Crippen molar-refractivity contribution in [1.82, 2.24) is 0 Å². The van der Waals surface area contributed by atoms with Crippen molar-refractivity contribution in [3.63, 3.8) is 0 Å². The standard InChI is InChI=1S/C19H30O6/c1-18(2,3)14-10-13(17-24-22-8-9-23-25-17)11-15(19(4,5)6)16(14)21-12-20-7/h10-11,17H,8-9,12H2,1-7H3. The summed E-state index contributed by atoms with van der Waals surface area (Å²) in [6, 6.07) is 4.03. The Kier molecular flexibility index (Phi) is 6.45. The normalized spacial score (nSPS) is 17.4. The number of ether oxygens (including phenoxy) is 2. The van der Waals surface area contributed by atoms with Gasteiger partial charge in [0.1, 0.15) is 19.0 Å². The third-order valence-electron chi connectivity index (χ3n) is 3.88. The molecular formula is C19H30O6. The monoisotopic (exact) mass is 354 g/mol. The van der Waals surface area contributed by atoms with E-state index in [2.05, 4.69) is 41.5 Å². The fourth-order valence-electron chi connectivity index (χ4n) is 2.59. The van der Waals surface area contributed by atoms with E-state index in [-0.39, 0.29) is 17.6 Å². The number of benzene rings is 1. The molecule has 0 bridgehead atoms. The number of methoxy groups -OCH3 is 1. The molecule has 6 heteroatoms. The molecule has 2 rings (SSSR count). The highest BCUT2D eigenvalue weighted by Gasteiger charge is 2.31. The van der Waals surface area contributed by atoms with Gasteiger partial charge in [-0.1, -0.05) is 41.5 Å². The molecule has 1 aromatic rings. The van der Waals surface area contributed by atoms with E-state index in [9.17, 15) is 0 Å². The molecule has 0 aliphatic carbocycles. The van der Waals surface area contributed by atoms with E-state index in [1.165, 1.54) is 0 Å². The lowest BCUT2D eigenvalue weighted by atomic mass is 9.78. The fourth-order valence-corrected chi connectivity index (χ4v) is 2.59. The van der Waals surface area contributed by atoms with Crippen molar-refractivity contribution >= 4 is 0 Å². The van der Waals surface area contributed by atoms with E-state index < -0.39 is 6.29 Å². The number of hydrogen-bond donors (Lipinski definition) is 0. The van der Waals surface area contributed by atoms with Crippen molar-refractivity contribution in [2.75, 3.05) is 27.1 Å². The maximum atomic E-state index is 5.97. The molecule has 6 nitrogen and oxygen atoms in total. The second kappa shape index (κ2) is 8.01. The molecule has 1 fully saturated rings. The van der Waals surface area contributed by atoms with Crippen LogP contribution in [0.25, 0.3) is 0 Å². The summed E-state index contributed by atoms with van der Waals surface area (Å²) < 4.78 is 11.1. The molecule has 0 N–H and O–H groups in total. The summed E-state index contributed by atoms with van der Waals surface area (Å²) in [4.78, 5) is 20.9. The Hall–Kier alpha value is -1.18. The number of hydrogen-bond acceptors (Lipinski definition) is 6. The van der Waals surface area contributed by atoms with Crippen molar-refractivity contribution in [2.24, 2.45) is 0 Å². The summed E-state index contributed by atoms with van der Waals surface area (Å²) in [5, 5.41) is 0. The van der Waals surface area contributed by atoms with Gasteiger partial charge in [-0.15, -0.1) is 0 Å². The minimum atomic E-state index is -0.749. The van der Waals surface area contributed by atoms with Gasteiger partial charge in [0.15, 0.2) is 6.79 Å². The first-order valence-corrected chi connectivity index (χ1v) is 8.52. The number of rotatable bonds is 4. The molecule has 0 aromatic heterocycles. The van der Waals surface area contributed by atoms with Crippen LogP contribution in [0.15, 0.2) is 12.1 Å². The Morgan fingerprint density at radius 1 is 0.920 bits per heavy atom. The van der Waals surface area contributed by atoms with Crippen LogP contribution in [0.1, 0.15) is 64.5 Å². The largest absolute Gasteiger partial charge is 0.467 e. The average molecular weight is 354 g/mol. The Balaban J connectivity index is 2.58. The van der Waals surface area contributed by atoms with E-state index >= 15 is 0 Å². The summed E-state index contributed by atoms with van der Waals surface area (Å²) >= 11 is 0. The molecule has 0 saturated carbocycles. The highest BCUT2D eigenvalue weighted by molar-refractivity contribution is 5.51. The molecule has 1 aromatic carbocycles. The van der Waals surface area contributed by atoms with Gasteiger partial charge in [-0.05, 0) is 23.0 Å². The van der Waals surface area contributed by atoms with Crippen molar-refractivity contribution < 1.29 is 29.0 Å². The SMILES string of the molecule is COCOc1c(C(C)(C)C)cc(C2OOCCOO2)cc1C(C)(C)C. The van der Waals surface area contributed by atoms with Gasteiger partial charge in [-0.3, -0.25) is 0 Å². The van der Waals surface area contributed by atoms with Crippen LogP contribution < -0.4 is 4.74 Å². The first kappa shape index (κ1) is 20.1. The molecule has 0 unspecified atom stereocenters. The Morgan fingerprint density at radius 3 is 1.80 bits per heavy atom. The van der Waals surface area contributed by atoms with Crippen molar-refractivity contribution in [2.45, 2.75) is 58.7 Å². The van der Waals surface area contributed by atoms with Crippen LogP contribution >= 0.6 is 0 Å². The minimum Gasteiger partial charge on any atom is -0.467 e. The van der Waals surface area contributed by atoms with Crippen molar-refractivity contribution in [3.05, 3.63) is 28.8 Å². The van der Waals surface area contributed by atoms with E-state index in [1.54, 1.807) is 7.11 Å². The molecule has 0 radical (unpaired) electrons. The summed E-state index contributed by atoms with van der Waals surface area (Å²) in [5.74, 6) is 0.834. The third kappa shape index (κ3) is 5.15. The first-order valence-electron chi connectivity index (χ1n) is 8.52. The molecule has 1 aliphatic rings. The van der Waals surface area contributed by atoms with E-state index in [0.29, 0.717) is 13.2 Å². The zero-order valence-corrected chi connectivity index (χ0v) is 16.3. The molecule has 142 valence electrons. The van der Waals surface area contributed by atoms with Crippen LogP contribution in [-0.4, -0.2) is 27.1 Å². The van der Waals surface area contributed by atoms with E-state index in [0.717, 1.165) is 22.4 Å². The first-order chi connectivity index (χ1) is 11.6. The van der Waals surface area contributed by atoms with Gasteiger partial charge in [0.25, 0.3) is 0 Å². The molecule has 0 amide bonds. The Bertz CT molecular complexity index is 527. The second-order valence-electron chi connectivity index (χ2n) is 8.16. The second-order valence-corrected chi connectivity index (χ2v) is 8.16. The Morgan fingerprint density at radius 2 is 1.40 bits per heavy atom. The van der Waals surface area contributed by atoms with Gasteiger partial charge >= 0.3 is 0 Å². The third-order valence-corrected chi connectivity index (χ3v) is 3.88. The Labute approximate surface area is 150 Å². The lowest BCUT2D eigenvalue weighted by molar-refractivity contribution is -0.430. The van der Waals surface area contributed by atoms with Crippen LogP contribution in [0, 0.1) is 0 Å². The molecule has 1 aliphatic heterocycles. The lowest BCUT2D eigenvalue weighted by Gasteiger charge is -2.31. The fraction of sp³-hybridized carbons (Fsp3) is 0.684. The van der Waals surface area contributed by atoms with Crippen LogP contribution in [0.3, 0.4) is 0 Å². The summed E-state index contributed by atoms with van der Waals surface area (Å²) in [6.45, 7) is 13.7. The predicted molar refractivity (Wildman–Crippen MR) is 93.2 cm³/mol. The van der Waals surface area contributed by atoms with Crippen molar-refractivity contribution in [3.8, 4) is 5.75 Å². The van der Waals surface area contributed by atoms with Crippen LogP contribution in [-0.2, 0) is 35.1 Å². The maximum Gasteiger partial charge on any atom is 0.249 e. The van der Waals surface area contributed by atoms with Gasteiger partial charge in [0.05, 0.1) is 0 Å².